The van der Waals surface area contributed by atoms with Gasteiger partial charge in [-0.05, 0) is 62.1 Å². The van der Waals surface area contributed by atoms with Crippen LogP contribution in [0.4, 0.5) is 15.8 Å². The van der Waals surface area contributed by atoms with Gasteiger partial charge in [0.25, 0.3) is 0 Å². The summed E-state index contributed by atoms with van der Waals surface area (Å²) in [5.74, 6) is -0.947. The number of aryl methyl sites for hydroxylation is 2. The van der Waals surface area contributed by atoms with Crippen LogP contribution in [0.3, 0.4) is 0 Å². The molecule has 0 saturated carbocycles. The molecule has 3 rings (SSSR count). The number of benzene rings is 2. The van der Waals surface area contributed by atoms with Gasteiger partial charge in [0.1, 0.15) is 11.5 Å². The number of carbonyl (C=O) groups excluding carboxylic acids is 1. The van der Waals surface area contributed by atoms with Crippen molar-refractivity contribution in [3.8, 4) is 0 Å². The van der Waals surface area contributed by atoms with Crippen molar-refractivity contribution in [2.45, 2.75) is 38.0 Å². The first-order chi connectivity index (χ1) is 13.8. The summed E-state index contributed by atoms with van der Waals surface area (Å²) in [7, 11) is -3.71. The molecule has 29 heavy (non-hydrogen) atoms. The third-order valence-electron chi connectivity index (χ3n) is 5.14. The highest BCUT2D eigenvalue weighted by Gasteiger charge is 2.20. The van der Waals surface area contributed by atoms with Gasteiger partial charge in [0.05, 0.1) is 10.6 Å². The molecule has 8 heteroatoms. The number of anilines is 2. The van der Waals surface area contributed by atoms with Crippen LogP contribution in [0.2, 0.25) is 0 Å². The third-order valence-corrected chi connectivity index (χ3v) is 6.59. The van der Waals surface area contributed by atoms with Gasteiger partial charge in [0, 0.05) is 26.1 Å². The molecule has 0 bridgehead atoms. The van der Waals surface area contributed by atoms with E-state index in [1.807, 2.05) is 18.7 Å². The van der Waals surface area contributed by atoms with Crippen LogP contribution in [0.1, 0.15) is 30.4 Å². The predicted octanol–water partition coefficient (Wildman–Crippen LogP) is 3.35. The molecule has 1 aliphatic rings. The first kappa shape index (κ1) is 21.3. The molecule has 0 spiro atoms. The third kappa shape index (κ3) is 5.13. The lowest BCUT2D eigenvalue weighted by Gasteiger charge is -2.22. The van der Waals surface area contributed by atoms with E-state index < -0.39 is 21.7 Å². The van der Waals surface area contributed by atoms with E-state index >= 15 is 0 Å². The first-order valence-corrected chi connectivity index (χ1v) is 11.2. The van der Waals surface area contributed by atoms with Crippen molar-refractivity contribution < 1.29 is 17.6 Å². The fourth-order valence-corrected chi connectivity index (χ4v) is 4.44. The van der Waals surface area contributed by atoms with Crippen molar-refractivity contribution in [2.75, 3.05) is 29.9 Å². The van der Waals surface area contributed by atoms with Crippen LogP contribution >= 0.6 is 0 Å². The highest BCUT2D eigenvalue weighted by molar-refractivity contribution is 7.89. The van der Waals surface area contributed by atoms with Gasteiger partial charge in [0.15, 0.2) is 0 Å². The number of para-hydroxylation sites is 1. The van der Waals surface area contributed by atoms with E-state index in [0.29, 0.717) is 5.69 Å². The number of nitrogens with zero attached hydrogens (tertiary/aromatic N) is 1. The number of halogens is 1. The molecule has 0 radical (unpaired) electrons. The maximum absolute atomic E-state index is 14.3. The van der Waals surface area contributed by atoms with Crippen molar-refractivity contribution in [1.29, 1.82) is 0 Å². The molecule has 2 aromatic carbocycles. The van der Waals surface area contributed by atoms with E-state index in [1.54, 1.807) is 24.3 Å². The van der Waals surface area contributed by atoms with Gasteiger partial charge < -0.3 is 10.2 Å². The highest BCUT2D eigenvalue weighted by atomic mass is 32.2. The predicted molar refractivity (Wildman–Crippen MR) is 112 cm³/mol. The molecule has 0 aliphatic carbocycles. The maximum atomic E-state index is 14.3. The Morgan fingerprint density at radius 1 is 1.10 bits per heavy atom. The molecule has 0 unspecified atom stereocenters. The summed E-state index contributed by atoms with van der Waals surface area (Å²) in [5.41, 5.74) is 2.68. The van der Waals surface area contributed by atoms with Crippen LogP contribution in [-0.2, 0) is 14.8 Å². The van der Waals surface area contributed by atoms with Crippen LogP contribution < -0.4 is 14.9 Å². The van der Waals surface area contributed by atoms with Gasteiger partial charge in [-0.25, -0.2) is 17.5 Å². The van der Waals surface area contributed by atoms with Crippen molar-refractivity contribution in [3.63, 3.8) is 0 Å². The number of carbonyl (C=O) groups is 1. The molecule has 6 nitrogen and oxygen atoms in total. The number of nitrogens with one attached hydrogen (secondary N) is 2. The smallest absolute Gasteiger partial charge is 0.240 e. The molecular formula is C21H26FN3O3S. The van der Waals surface area contributed by atoms with Crippen LogP contribution in [0.15, 0.2) is 41.3 Å². The minimum absolute atomic E-state index is 0.0748. The topological polar surface area (TPSA) is 78.5 Å². The van der Waals surface area contributed by atoms with Crippen molar-refractivity contribution in [2.24, 2.45) is 0 Å². The van der Waals surface area contributed by atoms with E-state index in [9.17, 15) is 17.6 Å². The minimum atomic E-state index is -3.71. The SMILES string of the molecule is Cc1ccc(S(=O)(=O)NCCC(=O)Nc2c(F)cccc2N2CCCC2)cc1C. The second-order valence-corrected chi connectivity index (χ2v) is 9.04. The van der Waals surface area contributed by atoms with Gasteiger partial charge in [-0.3, -0.25) is 4.79 Å². The standard InChI is InChI=1S/C21H26FN3O3S/c1-15-8-9-17(14-16(15)2)29(27,28)23-11-10-20(26)24-21-18(22)6-5-7-19(21)25-12-3-4-13-25/h5-9,14,23H,3-4,10-13H2,1-2H3,(H,24,26). The summed E-state index contributed by atoms with van der Waals surface area (Å²) < 4.78 is 41.6. The normalized spacial score (nSPS) is 14.2. The molecule has 1 fully saturated rings. The Hall–Kier alpha value is -2.45. The van der Waals surface area contributed by atoms with E-state index in [2.05, 4.69) is 10.0 Å². The molecule has 1 saturated heterocycles. The van der Waals surface area contributed by atoms with Crippen LogP contribution in [-0.4, -0.2) is 34.0 Å². The van der Waals surface area contributed by atoms with E-state index in [0.717, 1.165) is 37.1 Å². The highest BCUT2D eigenvalue weighted by Crippen LogP contribution is 2.31. The zero-order valence-corrected chi connectivity index (χ0v) is 17.5. The van der Waals surface area contributed by atoms with Crippen molar-refractivity contribution in [1.82, 2.24) is 4.72 Å². The Morgan fingerprint density at radius 3 is 2.52 bits per heavy atom. The largest absolute Gasteiger partial charge is 0.370 e. The minimum Gasteiger partial charge on any atom is -0.370 e. The maximum Gasteiger partial charge on any atom is 0.240 e. The Balaban J connectivity index is 1.61. The number of hydrogen-bond acceptors (Lipinski definition) is 4. The molecule has 156 valence electrons. The molecule has 1 heterocycles. The zero-order chi connectivity index (χ0) is 21.0. The molecule has 0 aromatic heterocycles. The fraction of sp³-hybridized carbons (Fsp3) is 0.381. The Kier molecular flexibility index (Phi) is 6.54. The van der Waals surface area contributed by atoms with Crippen molar-refractivity contribution >= 4 is 27.3 Å². The number of hydrogen-bond donors (Lipinski definition) is 2. The lowest BCUT2D eigenvalue weighted by molar-refractivity contribution is -0.116. The van der Waals surface area contributed by atoms with Crippen molar-refractivity contribution in [3.05, 3.63) is 53.3 Å². The van der Waals surface area contributed by atoms with Crippen LogP contribution in [0, 0.1) is 19.7 Å². The molecule has 0 atom stereocenters. The summed E-state index contributed by atoms with van der Waals surface area (Å²) in [6.45, 7) is 5.32. The van der Waals surface area contributed by atoms with E-state index in [-0.39, 0.29) is 23.5 Å². The van der Waals surface area contributed by atoms with Crippen LogP contribution in [0.5, 0.6) is 0 Å². The molecule has 2 aromatic rings. The Labute approximate surface area is 171 Å². The summed E-state index contributed by atoms with van der Waals surface area (Å²) >= 11 is 0. The lowest BCUT2D eigenvalue weighted by atomic mass is 10.1. The average molecular weight is 420 g/mol. The number of amides is 1. The monoisotopic (exact) mass is 419 g/mol. The van der Waals surface area contributed by atoms with Gasteiger partial charge in [0.2, 0.25) is 15.9 Å². The second-order valence-electron chi connectivity index (χ2n) is 7.27. The molecule has 2 N–H and O–H groups in total. The second kappa shape index (κ2) is 8.92. The van der Waals surface area contributed by atoms with Gasteiger partial charge in [-0.1, -0.05) is 12.1 Å². The summed E-state index contributed by atoms with van der Waals surface area (Å²) in [6, 6.07) is 9.58. The summed E-state index contributed by atoms with van der Waals surface area (Å²) in [5, 5.41) is 2.61. The zero-order valence-electron chi connectivity index (χ0n) is 16.7. The number of rotatable bonds is 7. The van der Waals surface area contributed by atoms with Gasteiger partial charge >= 0.3 is 0 Å². The van der Waals surface area contributed by atoms with E-state index in [4.69, 9.17) is 0 Å². The lowest BCUT2D eigenvalue weighted by Crippen LogP contribution is -2.28. The van der Waals surface area contributed by atoms with Crippen LogP contribution in [0.25, 0.3) is 0 Å². The van der Waals surface area contributed by atoms with E-state index in [1.165, 1.54) is 12.1 Å². The summed E-state index contributed by atoms with van der Waals surface area (Å²) in [4.78, 5) is 14.5. The molecular weight excluding hydrogens is 393 g/mol. The quantitative estimate of drug-likeness (QED) is 0.721. The molecule has 1 amide bonds. The number of sulfonamides is 1. The summed E-state index contributed by atoms with van der Waals surface area (Å²) in [6.07, 6.45) is 1.96. The average Bonchev–Trinajstić information content (AvgIpc) is 3.20. The Morgan fingerprint density at radius 2 is 1.83 bits per heavy atom. The Bertz CT molecular complexity index is 1000. The van der Waals surface area contributed by atoms with Gasteiger partial charge in [-0.2, -0.15) is 0 Å². The first-order valence-electron chi connectivity index (χ1n) is 9.68. The van der Waals surface area contributed by atoms with Gasteiger partial charge in [-0.15, -0.1) is 0 Å². The fourth-order valence-electron chi connectivity index (χ4n) is 3.32. The molecule has 1 aliphatic heterocycles.